The van der Waals surface area contributed by atoms with Crippen molar-refractivity contribution >= 4 is 65.4 Å². The van der Waals surface area contributed by atoms with E-state index in [2.05, 4.69) is 91.0 Å². The first-order chi connectivity index (χ1) is 25.8. The molecule has 3 aromatic heterocycles. The number of nitrogens with zero attached hydrogens (tertiary/aromatic N) is 3. The fourth-order valence-corrected chi connectivity index (χ4v) is 7.73. The molecule has 5 nitrogen and oxygen atoms in total. The Kier molecular flexibility index (Phi) is 6.18. The molecule has 0 fully saturated rings. The number of hydrogen-bond acceptors (Lipinski definition) is 5. The Bertz CT molecular complexity index is 3190. The molecule has 0 aliphatic carbocycles. The van der Waals surface area contributed by atoms with Crippen molar-refractivity contribution in [3.8, 4) is 45.3 Å². The third kappa shape index (κ3) is 4.39. The molecule has 11 rings (SSSR count). The molecule has 0 amide bonds. The largest absolute Gasteiger partial charge is 0.456 e. The molecule has 0 radical (unpaired) electrons. The molecule has 0 unspecified atom stereocenters. The maximum atomic E-state index is 6.62. The van der Waals surface area contributed by atoms with Crippen molar-refractivity contribution in [1.82, 2.24) is 15.0 Å². The van der Waals surface area contributed by atoms with Gasteiger partial charge in [0.2, 0.25) is 0 Å². The fourth-order valence-electron chi connectivity index (χ4n) is 7.73. The lowest BCUT2D eigenvalue weighted by Crippen LogP contribution is -2.00. The molecule has 0 spiro atoms. The molecule has 0 bridgehead atoms. The number of hydrogen-bond donors (Lipinski definition) is 0. The Morgan fingerprint density at radius 1 is 0.327 bits per heavy atom. The summed E-state index contributed by atoms with van der Waals surface area (Å²) in [6, 6.07) is 56.3. The van der Waals surface area contributed by atoms with Crippen LogP contribution in [0.15, 0.2) is 173 Å². The lowest BCUT2D eigenvalue weighted by atomic mass is 9.92. The first-order valence-electron chi connectivity index (χ1n) is 17.4. The van der Waals surface area contributed by atoms with Gasteiger partial charge in [-0.3, -0.25) is 0 Å². The summed E-state index contributed by atoms with van der Waals surface area (Å²) < 4.78 is 13.0. The Balaban J connectivity index is 1.14. The number of aromatic nitrogens is 3. The maximum absolute atomic E-state index is 6.62. The number of fused-ring (bicyclic) bond motifs is 9. The van der Waals surface area contributed by atoms with Crippen LogP contribution in [-0.4, -0.2) is 15.0 Å². The van der Waals surface area contributed by atoms with Gasteiger partial charge in [-0.25, -0.2) is 15.0 Å². The first kappa shape index (κ1) is 28.7. The summed E-state index contributed by atoms with van der Waals surface area (Å²) >= 11 is 0. The highest BCUT2D eigenvalue weighted by molar-refractivity contribution is 6.23. The molecule has 52 heavy (non-hydrogen) atoms. The van der Waals surface area contributed by atoms with Gasteiger partial charge >= 0.3 is 0 Å². The molecule has 8 aromatic carbocycles. The third-order valence-corrected chi connectivity index (χ3v) is 10.1. The minimum absolute atomic E-state index is 0.552. The van der Waals surface area contributed by atoms with Gasteiger partial charge in [-0.1, -0.05) is 127 Å². The predicted molar refractivity (Wildman–Crippen MR) is 211 cm³/mol. The van der Waals surface area contributed by atoms with E-state index in [0.717, 1.165) is 71.5 Å². The van der Waals surface area contributed by atoms with Gasteiger partial charge in [-0.15, -0.1) is 0 Å². The summed E-state index contributed by atoms with van der Waals surface area (Å²) in [4.78, 5) is 15.2. The summed E-state index contributed by atoms with van der Waals surface area (Å²) in [6.45, 7) is 0. The van der Waals surface area contributed by atoms with Crippen LogP contribution in [0.4, 0.5) is 0 Å². The minimum atomic E-state index is 0.552. The SMILES string of the molecule is c1ccc(-c2nc(-c3ccc4oc5cc(-c6cccc7ccccc67)c6ccccc6c5c4c3)nc(-c3cccc4c3oc3ccccc34)n2)cc1. The van der Waals surface area contributed by atoms with Crippen LogP contribution in [0, 0.1) is 0 Å². The first-order valence-corrected chi connectivity index (χ1v) is 17.4. The average molecular weight is 666 g/mol. The van der Waals surface area contributed by atoms with Crippen LogP contribution in [0.25, 0.3) is 111 Å². The van der Waals surface area contributed by atoms with Crippen LogP contribution in [0.5, 0.6) is 0 Å². The Morgan fingerprint density at radius 3 is 1.85 bits per heavy atom. The van der Waals surface area contributed by atoms with Gasteiger partial charge < -0.3 is 8.83 Å². The summed E-state index contributed by atoms with van der Waals surface area (Å²) in [6.07, 6.45) is 0. The van der Waals surface area contributed by atoms with Crippen molar-refractivity contribution in [3.05, 3.63) is 164 Å². The van der Waals surface area contributed by atoms with Gasteiger partial charge in [0.05, 0.1) is 5.56 Å². The number of para-hydroxylation sites is 2. The zero-order chi connectivity index (χ0) is 34.2. The van der Waals surface area contributed by atoms with E-state index in [9.17, 15) is 0 Å². The molecule has 242 valence electrons. The maximum Gasteiger partial charge on any atom is 0.167 e. The highest BCUT2D eigenvalue weighted by Gasteiger charge is 2.20. The van der Waals surface area contributed by atoms with Crippen LogP contribution in [-0.2, 0) is 0 Å². The van der Waals surface area contributed by atoms with Gasteiger partial charge in [0.1, 0.15) is 22.3 Å². The van der Waals surface area contributed by atoms with Crippen molar-refractivity contribution in [2.75, 3.05) is 0 Å². The van der Waals surface area contributed by atoms with Crippen molar-refractivity contribution in [3.63, 3.8) is 0 Å². The molecular weight excluding hydrogens is 639 g/mol. The van der Waals surface area contributed by atoms with E-state index in [1.165, 1.54) is 21.7 Å². The second-order valence-electron chi connectivity index (χ2n) is 13.1. The summed E-state index contributed by atoms with van der Waals surface area (Å²) in [5.74, 6) is 1.72. The smallest absolute Gasteiger partial charge is 0.167 e. The monoisotopic (exact) mass is 665 g/mol. The molecule has 0 aliphatic rings. The van der Waals surface area contributed by atoms with E-state index in [-0.39, 0.29) is 0 Å². The molecule has 0 saturated carbocycles. The van der Waals surface area contributed by atoms with E-state index in [4.69, 9.17) is 23.8 Å². The Hall–Kier alpha value is -7.11. The van der Waals surface area contributed by atoms with E-state index in [1.54, 1.807) is 0 Å². The van der Waals surface area contributed by atoms with E-state index >= 15 is 0 Å². The van der Waals surface area contributed by atoms with Crippen LogP contribution >= 0.6 is 0 Å². The van der Waals surface area contributed by atoms with Crippen LogP contribution < -0.4 is 0 Å². The topological polar surface area (TPSA) is 65.0 Å². The normalized spacial score (nSPS) is 11.8. The Labute approximate surface area is 297 Å². The van der Waals surface area contributed by atoms with Gasteiger partial charge in [-0.2, -0.15) is 0 Å². The van der Waals surface area contributed by atoms with Gasteiger partial charge in [0, 0.05) is 32.7 Å². The number of furan rings is 2. The lowest BCUT2D eigenvalue weighted by molar-refractivity contribution is 0.669. The van der Waals surface area contributed by atoms with Crippen molar-refractivity contribution in [2.45, 2.75) is 0 Å². The highest BCUT2D eigenvalue weighted by atomic mass is 16.3. The summed E-state index contributed by atoms with van der Waals surface area (Å²) in [5, 5.41) is 8.90. The molecule has 11 aromatic rings. The van der Waals surface area contributed by atoms with Gasteiger partial charge in [0.15, 0.2) is 17.5 Å². The average Bonchev–Trinajstić information content (AvgIpc) is 3.79. The second-order valence-corrected chi connectivity index (χ2v) is 13.1. The number of benzene rings is 8. The van der Waals surface area contributed by atoms with E-state index < -0.39 is 0 Å². The van der Waals surface area contributed by atoms with Crippen molar-refractivity contribution < 1.29 is 8.83 Å². The van der Waals surface area contributed by atoms with Gasteiger partial charge in [0.25, 0.3) is 0 Å². The van der Waals surface area contributed by atoms with Crippen LogP contribution in [0.3, 0.4) is 0 Å². The fraction of sp³-hybridized carbons (Fsp3) is 0. The van der Waals surface area contributed by atoms with Crippen molar-refractivity contribution in [1.29, 1.82) is 0 Å². The van der Waals surface area contributed by atoms with Crippen LogP contribution in [0.2, 0.25) is 0 Å². The lowest BCUT2D eigenvalue weighted by Gasteiger charge is -2.11. The third-order valence-electron chi connectivity index (χ3n) is 10.1. The molecule has 0 atom stereocenters. The summed E-state index contributed by atoms with van der Waals surface area (Å²) in [7, 11) is 0. The summed E-state index contributed by atoms with van der Waals surface area (Å²) in [5.41, 5.74) is 8.16. The molecule has 0 N–H and O–H groups in total. The zero-order valence-corrected chi connectivity index (χ0v) is 27.7. The predicted octanol–water partition coefficient (Wildman–Crippen LogP) is 12.6. The minimum Gasteiger partial charge on any atom is -0.456 e. The highest BCUT2D eigenvalue weighted by Crippen LogP contribution is 2.43. The van der Waals surface area contributed by atoms with Gasteiger partial charge in [-0.05, 0) is 69.1 Å². The quantitative estimate of drug-likeness (QED) is 0.187. The molecule has 0 aliphatic heterocycles. The molecule has 0 saturated heterocycles. The Morgan fingerprint density at radius 2 is 0.962 bits per heavy atom. The van der Waals surface area contributed by atoms with Crippen LogP contribution in [0.1, 0.15) is 0 Å². The number of rotatable bonds is 4. The van der Waals surface area contributed by atoms with E-state index in [1.807, 2.05) is 72.8 Å². The zero-order valence-electron chi connectivity index (χ0n) is 27.7. The standard InChI is InChI=1S/C47H27N3O2/c1-2-13-29(14-3-1)45-48-46(50-47(49-45)37-22-11-21-36-34-18-8-9-23-40(34)52-44(36)37)30-24-25-41-39(26-30)43-35-19-7-6-17-33(35)38(27-42(43)51-41)32-20-10-15-28-12-4-5-16-31(28)32/h1-27H. The second kappa shape index (κ2) is 11.2. The molecule has 5 heteroatoms. The van der Waals surface area contributed by atoms with E-state index in [0.29, 0.717) is 17.5 Å². The molecular formula is C47H27N3O2. The van der Waals surface area contributed by atoms with Crippen molar-refractivity contribution in [2.24, 2.45) is 0 Å². The molecule has 3 heterocycles.